The molecule has 0 radical (unpaired) electrons. The second-order valence-corrected chi connectivity index (χ2v) is 8.75. The third kappa shape index (κ3) is 4.26. The quantitative estimate of drug-likeness (QED) is 0.783. The summed E-state index contributed by atoms with van der Waals surface area (Å²) in [4.78, 5) is 12.7. The van der Waals surface area contributed by atoms with Crippen LogP contribution in [0.4, 0.5) is 0 Å². The molecule has 9 heteroatoms. The van der Waals surface area contributed by atoms with E-state index in [4.69, 9.17) is 4.74 Å². The van der Waals surface area contributed by atoms with Crippen molar-refractivity contribution in [2.24, 2.45) is 0 Å². The van der Waals surface area contributed by atoms with Gasteiger partial charge in [0.15, 0.2) is 0 Å². The number of carbonyl (C=O) groups excluding carboxylic acids is 1. The molecule has 1 fully saturated rings. The number of morpholine rings is 1. The van der Waals surface area contributed by atoms with Crippen molar-refractivity contribution in [3.05, 3.63) is 47.3 Å². The molecule has 2 heterocycles. The number of carbonyl (C=O) groups is 1. The minimum atomic E-state index is -3.67. The number of benzene rings is 1. The van der Waals surface area contributed by atoms with Gasteiger partial charge in [0, 0.05) is 13.1 Å². The zero-order valence-corrected chi connectivity index (χ0v) is 17.2. The maximum absolute atomic E-state index is 13.0. The van der Waals surface area contributed by atoms with Gasteiger partial charge in [-0.15, -0.1) is 0 Å². The molecule has 1 atom stereocenters. The van der Waals surface area contributed by atoms with E-state index in [9.17, 15) is 13.2 Å². The van der Waals surface area contributed by atoms with E-state index in [0.717, 1.165) is 5.56 Å². The fraction of sp³-hybridized carbons (Fsp3) is 0.474. The molecule has 3 rings (SSSR count). The number of hydrogen-bond acceptors (Lipinski definition) is 5. The zero-order valence-electron chi connectivity index (χ0n) is 16.4. The summed E-state index contributed by atoms with van der Waals surface area (Å²) in [7, 11) is -3.67. The fourth-order valence-electron chi connectivity index (χ4n) is 3.37. The summed E-state index contributed by atoms with van der Waals surface area (Å²) in [5.74, 6) is -0.225. The summed E-state index contributed by atoms with van der Waals surface area (Å²) in [5, 5.41) is 7.24. The van der Waals surface area contributed by atoms with E-state index in [2.05, 4.69) is 10.4 Å². The first-order valence-electron chi connectivity index (χ1n) is 9.27. The van der Waals surface area contributed by atoms with Crippen LogP contribution in [0, 0.1) is 13.8 Å². The third-order valence-corrected chi connectivity index (χ3v) is 7.01. The number of hydrogen-bond donors (Lipinski definition) is 1. The predicted molar refractivity (Wildman–Crippen MR) is 104 cm³/mol. The Morgan fingerprint density at radius 3 is 2.50 bits per heavy atom. The normalized spacial score (nSPS) is 16.7. The Morgan fingerprint density at radius 1 is 1.21 bits per heavy atom. The highest BCUT2D eigenvalue weighted by molar-refractivity contribution is 7.89. The minimum Gasteiger partial charge on any atom is -0.379 e. The SMILES string of the molecule is Cc1nn(CC(=O)NC(C)c2ccccc2)c(C)c1S(=O)(=O)N1CCOCC1. The van der Waals surface area contributed by atoms with Crippen molar-refractivity contribution in [3.8, 4) is 0 Å². The van der Waals surface area contributed by atoms with Crippen LogP contribution in [0.25, 0.3) is 0 Å². The number of rotatable bonds is 6. The number of amides is 1. The molecule has 1 aromatic heterocycles. The topological polar surface area (TPSA) is 93.5 Å². The first-order chi connectivity index (χ1) is 13.3. The molecule has 0 aliphatic carbocycles. The van der Waals surface area contributed by atoms with Crippen molar-refractivity contribution < 1.29 is 17.9 Å². The van der Waals surface area contributed by atoms with E-state index >= 15 is 0 Å². The molecule has 0 saturated carbocycles. The molecule has 2 aromatic rings. The Kier molecular flexibility index (Phi) is 6.17. The third-order valence-electron chi connectivity index (χ3n) is 4.85. The van der Waals surface area contributed by atoms with Crippen molar-refractivity contribution in [1.29, 1.82) is 0 Å². The van der Waals surface area contributed by atoms with Crippen LogP contribution >= 0.6 is 0 Å². The Hall–Kier alpha value is -2.23. The Morgan fingerprint density at radius 2 is 1.86 bits per heavy atom. The number of aryl methyl sites for hydroxylation is 1. The van der Waals surface area contributed by atoms with Gasteiger partial charge >= 0.3 is 0 Å². The number of ether oxygens (including phenoxy) is 1. The maximum Gasteiger partial charge on any atom is 0.246 e. The van der Waals surface area contributed by atoms with Gasteiger partial charge in [-0.1, -0.05) is 30.3 Å². The number of nitrogens with one attached hydrogen (secondary N) is 1. The Labute approximate surface area is 165 Å². The van der Waals surface area contributed by atoms with Crippen molar-refractivity contribution in [2.45, 2.75) is 38.3 Å². The van der Waals surface area contributed by atoms with Gasteiger partial charge in [0.05, 0.1) is 30.6 Å². The molecule has 8 nitrogen and oxygen atoms in total. The molecule has 152 valence electrons. The van der Waals surface area contributed by atoms with E-state index in [0.29, 0.717) is 37.7 Å². The predicted octanol–water partition coefficient (Wildman–Crippen LogP) is 1.40. The second-order valence-electron chi connectivity index (χ2n) is 6.87. The van der Waals surface area contributed by atoms with Gasteiger partial charge in [-0.05, 0) is 26.3 Å². The number of nitrogens with zero attached hydrogens (tertiary/aromatic N) is 3. The molecule has 1 aliphatic heterocycles. The summed E-state index contributed by atoms with van der Waals surface area (Å²) in [6.07, 6.45) is 0. The van der Waals surface area contributed by atoms with E-state index in [1.54, 1.807) is 13.8 Å². The molecule has 1 unspecified atom stereocenters. The average molecular weight is 407 g/mol. The van der Waals surface area contributed by atoms with Crippen molar-refractivity contribution in [3.63, 3.8) is 0 Å². The van der Waals surface area contributed by atoms with E-state index < -0.39 is 10.0 Å². The average Bonchev–Trinajstić information content (AvgIpc) is 2.96. The van der Waals surface area contributed by atoms with Crippen LogP contribution in [0.5, 0.6) is 0 Å². The van der Waals surface area contributed by atoms with Crippen LogP contribution in [0.15, 0.2) is 35.2 Å². The summed E-state index contributed by atoms with van der Waals surface area (Å²) >= 11 is 0. The largest absolute Gasteiger partial charge is 0.379 e. The van der Waals surface area contributed by atoms with Crippen molar-refractivity contribution in [2.75, 3.05) is 26.3 Å². The standard InChI is InChI=1S/C19H26N4O4S/c1-14(17-7-5-4-6-8-17)20-18(24)13-23-16(3)19(15(2)21-23)28(25,26)22-9-11-27-12-10-22/h4-8,14H,9-13H2,1-3H3,(H,20,24). The highest BCUT2D eigenvalue weighted by Gasteiger charge is 2.32. The van der Waals surface area contributed by atoms with Crippen LogP contribution in [-0.4, -0.2) is 54.7 Å². The van der Waals surface area contributed by atoms with Gasteiger partial charge in [0.1, 0.15) is 11.4 Å². The lowest BCUT2D eigenvalue weighted by Crippen LogP contribution is -2.41. The minimum absolute atomic E-state index is 0.0392. The van der Waals surface area contributed by atoms with E-state index in [1.807, 2.05) is 37.3 Å². The molecule has 0 bridgehead atoms. The smallest absolute Gasteiger partial charge is 0.246 e. The van der Waals surface area contributed by atoms with E-state index in [-0.39, 0.29) is 23.4 Å². The first kappa shape index (κ1) is 20.5. The fourth-order valence-corrected chi connectivity index (χ4v) is 5.15. The molecular formula is C19H26N4O4S. The molecule has 0 spiro atoms. The van der Waals surface area contributed by atoms with Gasteiger partial charge in [-0.2, -0.15) is 9.40 Å². The summed E-state index contributed by atoms with van der Waals surface area (Å²) in [6, 6.07) is 9.50. The van der Waals surface area contributed by atoms with Crippen molar-refractivity contribution >= 4 is 15.9 Å². The van der Waals surface area contributed by atoms with Crippen LogP contribution in [0.3, 0.4) is 0 Å². The molecule has 1 aliphatic rings. The zero-order chi connectivity index (χ0) is 20.3. The number of aromatic nitrogens is 2. The summed E-state index contributed by atoms with van der Waals surface area (Å²) in [5.41, 5.74) is 1.86. The lowest BCUT2D eigenvalue weighted by Gasteiger charge is -2.26. The van der Waals surface area contributed by atoms with Crippen molar-refractivity contribution in [1.82, 2.24) is 19.4 Å². The monoisotopic (exact) mass is 406 g/mol. The van der Waals surface area contributed by atoms with E-state index in [1.165, 1.54) is 8.99 Å². The molecule has 28 heavy (non-hydrogen) atoms. The van der Waals surface area contributed by atoms with Gasteiger partial charge in [0.25, 0.3) is 0 Å². The summed E-state index contributed by atoms with van der Waals surface area (Å²) in [6.45, 7) is 6.60. The highest BCUT2D eigenvalue weighted by Crippen LogP contribution is 2.24. The molecular weight excluding hydrogens is 380 g/mol. The van der Waals surface area contributed by atoms with Gasteiger partial charge in [0.2, 0.25) is 15.9 Å². The van der Waals surface area contributed by atoms with Gasteiger partial charge in [-0.3, -0.25) is 9.48 Å². The van der Waals surface area contributed by atoms with Crippen LogP contribution < -0.4 is 5.32 Å². The molecule has 1 aromatic carbocycles. The molecule has 1 saturated heterocycles. The van der Waals surface area contributed by atoms with Crippen LogP contribution in [-0.2, 0) is 26.1 Å². The maximum atomic E-state index is 13.0. The lowest BCUT2D eigenvalue weighted by atomic mass is 10.1. The first-order valence-corrected chi connectivity index (χ1v) is 10.7. The molecule has 1 N–H and O–H groups in total. The highest BCUT2D eigenvalue weighted by atomic mass is 32.2. The lowest BCUT2D eigenvalue weighted by molar-refractivity contribution is -0.122. The Bertz CT molecular complexity index is 934. The van der Waals surface area contributed by atoms with Crippen LogP contribution in [0.1, 0.15) is 29.9 Å². The van der Waals surface area contributed by atoms with Gasteiger partial charge < -0.3 is 10.1 Å². The summed E-state index contributed by atoms with van der Waals surface area (Å²) < 4.78 is 34.1. The van der Waals surface area contributed by atoms with Gasteiger partial charge in [-0.25, -0.2) is 8.42 Å². The molecule has 1 amide bonds. The Balaban J connectivity index is 1.75. The number of sulfonamides is 1. The second kappa shape index (κ2) is 8.42. The van der Waals surface area contributed by atoms with Crippen LogP contribution in [0.2, 0.25) is 0 Å².